The molecule has 0 fully saturated rings. The first kappa shape index (κ1) is 17.6. The van der Waals surface area contributed by atoms with Gasteiger partial charge in [-0.15, -0.1) is 0 Å². The molecular formula is C25H21N3O. The standard InChI is InChI=1S/C25H21N3O/c1-25(2,3)19-13-17(12-16-6-4-5-7-18(16)19)22-14-23(27-15-26-22)20-8-9-24-21(28-20)10-11-29-24/h4-15H,1-3H3. The number of aromatic nitrogens is 3. The van der Waals surface area contributed by atoms with Crippen molar-refractivity contribution < 1.29 is 4.42 Å². The Labute approximate surface area is 169 Å². The smallest absolute Gasteiger partial charge is 0.152 e. The van der Waals surface area contributed by atoms with E-state index in [9.17, 15) is 0 Å². The summed E-state index contributed by atoms with van der Waals surface area (Å²) in [5, 5.41) is 2.50. The quantitative estimate of drug-likeness (QED) is 0.356. The number of pyridine rings is 1. The molecule has 0 aliphatic rings. The third-order valence-electron chi connectivity index (χ3n) is 5.20. The molecule has 0 saturated heterocycles. The summed E-state index contributed by atoms with van der Waals surface area (Å²) >= 11 is 0. The summed E-state index contributed by atoms with van der Waals surface area (Å²) in [6.45, 7) is 6.73. The van der Waals surface area contributed by atoms with Crippen molar-refractivity contribution >= 4 is 21.9 Å². The summed E-state index contributed by atoms with van der Waals surface area (Å²) in [7, 11) is 0. The second-order valence-corrected chi connectivity index (χ2v) is 8.28. The zero-order valence-electron chi connectivity index (χ0n) is 16.7. The van der Waals surface area contributed by atoms with Crippen LogP contribution in [-0.2, 0) is 5.41 Å². The molecule has 3 aromatic heterocycles. The molecule has 4 nitrogen and oxygen atoms in total. The summed E-state index contributed by atoms with van der Waals surface area (Å²) in [5.74, 6) is 0. The lowest BCUT2D eigenvalue weighted by molar-refractivity contribution is 0.596. The van der Waals surface area contributed by atoms with Crippen LogP contribution >= 0.6 is 0 Å². The topological polar surface area (TPSA) is 51.8 Å². The van der Waals surface area contributed by atoms with Crippen LogP contribution in [0.4, 0.5) is 0 Å². The van der Waals surface area contributed by atoms with Crippen molar-refractivity contribution in [2.45, 2.75) is 26.2 Å². The van der Waals surface area contributed by atoms with E-state index in [1.165, 1.54) is 16.3 Å². The molecule has 5 aromatic rings. The van der Waals surface area contributed by atoms with Crippen LogP contribution in [0.25, 0.3) is 44.5 Å². The maximum atomic E-state index is 5.39. The minimum Gasteiger partial charge on any atom is -0.463 e. The highest BCUT2D eigenvalue weighted by atomic mass is 16.3. The molecule has 0 saturated carbocycles. The molecule has 142 valence electrons. The van der Waals surface area contributed by atoms with Crippen LogP contribution in [0.2, 0.25) is 0 Å². The van der Waals surface area contributed by atoms with Crippen molar-refractivity contribution in [3.63, 3.8) is 0 Å². The van der Waals surface area contributed by atoms with Gasteiger partial charge in [0.25, 0.3) is 0 Å². The van der Waals surface area contributed by atoms with Gasteiger partial charge in [0.05, 0.1) is 23.3 Å². The number of furan rings is 1. The largest absolute Gasteiger partial charge is 0.463 e. The SMILES string of the molecule is CC(C)(C)c1cc(-c2cc(-c3ccc4occc4n3)ncn2)cc2ccccc12. The predicted octanol–water partition coefficient (Wildman–Crippen LogP) is 6.40. The number of rotatable bonds is 2. The highest BCUT2D eigenvalue weighted by Crippen LogP contribution is 2.34. The Morgan fingerprint density at radius 1 is 0.793 bits per heavy atom. The van der Waals surface area contributed by atoms with Gasteiger partial charge in [0, 0.05) is 11.6 Å². The molecule has 0 bridgehead atoms. The molecule has 0 spiro atoms. The second kappa shape index (κ2) is 6.52. The Morgan fingerprint density at radius 2 is 1.62 bits per heavy atom. The molecule has 0 unspecified atom stereocenters. The average molecular weight is 379 g/mol. The highest BCUT2D eigenvalue weighted by molar-refractivity contribution is 5.91. The Morgan fingerprint density at radius 3 is 2.48 bits per heavy atom. The van der Waals surface area contributed by atoms with Crippen molar-refractivity contribution in [1.29, 1.82) is 0 Å². The van der Waals surface area contributed by atoms with Crippen LogP contribution in [0.3, 0.4) is 0 Å². The van der Waals surface area contributed by atoms with Gasteiger partial charge in [-0.05, 0) is 52.1 Å². The number of fused-ring (bicyclic) bond motifs is 2. The van der Waals surface area contributed by atoms with Crippen molar-refractivity contribution in [3.05, 3.63) is 78.8 Å². The van der Waals surface area contributed by atoms with Crippen LogP contribution in [0, 0.1) is 0 Å². The third kappa shape index (κ3) is 3.17. The van der Waals surface area contributed by atoms with E-state index in [-0.39, 0.29) is 5.41 Å². The zero-order chi connectivity index (χ0) is 20.0. The Kier molecular flexibility index (Phi) is 3.95. The fourth-order valence-electron chi connectivity index (χ4n) is 3.73. The maximum Gasteiger partial charge on any atom is 0.152 e. The van der Waals surface area contributed by atoms with Crippen molar-refractivity contribution in [2.24, 2.45) is 0 Å². The molecule has 0 aliphatic heterocycles. The van der Waals surface area contributed by atoms with Crippen molar-refractivity contribution in [1.82, 2.24) is 15.0 Å². The lowest BCUT2D eigenvalue weighted by Crippen LogP contribution is -2.12. The van der Waals surface area contributed by atoms with Gasteiger partial charge in [-0.2, -0.15) is 0 Å². The highest BCUT2D eigenvalue weighted by Gasteiger charge is 2.19. The molecule has 0 aliphatic carbocycles. The van der Waals surface area contributed by atoms with Gasteiger partial charge in [-0.1, -0.05) is 45.0 Å². The van der Waals surface area contributed by atoms with Crippen molar-refractivity contribution in [2.75, 3.05) is 0 Å². The molecule has 29 heavy (non-hydrogen) atoms. The monoisotopic (exact) mass is 379 g/mol. The van der Waals surface area contributed by atoms with Crippen LogP contribution < -0.4 is 0 Å². The molecule has 5 rings (SSSR count). The van der Waals surface area contributed by atoms with Crippen LogP contribution in [-0.4, -0.2) is 15.0 Å². The predicted molar refractivity (Wildman–Crippen MR) is 117 cm³/mol. The van der Waals surface area contributed by atoms with Gasteiger partial charge < -0.3 is 4.42 Å². The van der Waals surface area contributed by atoms with E-state index in [0.29, 0.717) is 0 Å². The molecule has 0 atom stereocenters. The first-order valence-electron chi connectivity index (χ1n) is 9.69. The molecule has 2 aromatic carbocycles. The summed E-state index contributed by atoms with van der Waals surface area (Å²) < 4.78 is 5.39. The average Bonchev–Trinajstić information content (AvgIpc) is 3.20. The van der Waals surface area contributed by atoms with Crippen molar-refractivity contribution in [3.8, 4) is 22.6 Å². The van der Waals surface area contributed by atoms with Gasteiger partial charge in [-0.3, -0.25) is 0 Å². The van der Waals surface area contributed by atoms with E-state index >= 15 is 0 Å². The van der Waals surface area contributed by atoms with E-state index in [0.717, 1.165) is 33.7 Å². The first-order valence-corrected chi connectivity index (χ1v) is 9.69. The minimum absolute atomic E-state index is 0.0271. The van der Waals surface area contributed by atoms with E-state index in [1.807, 2.05) is 24.3 Å². The van der Waals surface area contributed by atoms with Gasteiger partial charge in [0.15, 0.2) is 5.58 Å². The first-order chi connectivity index (χ1) is 14.0. The van der Waals surface area contributed by atoms with E-state index in [2.05, 4.69) is 72.1 Å². The second-order valence-electron chi connectivity index (χ2n) is 8.28. The summed E-state index contributed by atoms with van der Waals surface area (Å²) in [5.41, 5.74) is 6.50. The zero-order valence-corrected chi connectivity index (χ0v) is 16.7. The molecule has 0 radical (unpaired) electrons. The van der Waals surface area contributed by atoms with E-state index in [4.69, 9.17) is 4.42 Å². The summed E-state index contributed by atoms with van der Waals surface area (Å²) in [6, 6.07) is 20.7. The molecule has 0 amide bonds. The third-order valence-corrected chi connectivity index (χ3v) is 5.20. The number of nitrogens with zero attached hydrogens (tertiary/aromatic N) is 3. The Balaban J connectivity index is 1.66. The van der Waals surface area contributed by atoms with Gasteiger partial charge in [0.1, 0.15) is 11.8 Å². The minimum atomic E-state index is 0.0271. The van der Waals surface area contributed by atoms with E-state index < -0.39 is 0 Å². The summed E-state index contributed by atoms with van der Waals surface area (Å²) in [4.78, 5) is 13.7. The number of hydrogen-bond donors (Lipinski definition) is 0. The van der Waals surface area contributed by atoms with Crippen LogP contribution in [0.5, 0.6) is 0 Å². The number of benzene rings is 2. The lowest BCUT2D eigenvalue weighted by Gasteiger charge is -2.22. The van der Waals surface area contributed by atoms with Crippen LogP contribution in [0.1, 0.15) is 26.3 Å². The fourth-order valence-corrected chi connectivity index (χ4v) is 3.73. The van der Waals surface area contributed by atoms with Crippen LogP contribution in [0.15, 0.2) is 77.7 Å². The molecule has 0 N–H and O–H groups in total. The Hall–Kier alpha value is -3.53. The van der Waals surface area contributed by atoms with Gasteiger partial charge in [-0.25, -0.2) is 15.0 Å². The van der Waals surface area contributed by atoms with E-state index in [1.54, 1.807) is 12.6 Å². The molecule has 3 heterocycles. The fraction of sp³-hybridized carbons (Fsp3) is 0.160. The van der Waals surface area contributed by atoms with Gasteiger partial charge >= 0.3 is 0 Å². The normalized spacial score (nSPS) is 12.0. The van der Waals surface area contributed by atoms with Gasteiger partial charge in [0.2, 0.25) is 0 Å². The molecule has 4 heteroatoms. The molecular weight excluding hydrogens is 358 g/mol. The number of hydrogen-bond acceptors (Lipinski definition) is 4. The lowest BCUT2D eigenvalue weighted by atomic mass is 9.82. The summed E-state index contributed by atoms with van der Waals surface area (Å²) in [6.07, 6.45) is 3.26. The maximum absolute atomic E-state index is 5.39. The Bertz CT molecular complexity index is 1350.